The van der Waals surface area contributed by atoms with E-state index in [0.717, 1.165) is 64.2 Å². The van der Waals surface area contributed by atoms with Gasteiger partial charge in [0.15, 0.2) is 0 Å². The molecule has 0 spiro atoms. The molecule has 6 nitrogen and oxygen atoms in total. The van der Waals surface area contributed by atoms with Crippen molar-refractivity contribution in [3.05, 3.63) is 48.6 Å². The van der Waals surface area contributed by atoms with Crippen LogP contribution in [0, 0.1) is 0 Å². The van der Waals surface area contributed by atoms with Gasteiger partial charge in [-0.3, -0.25) is 9.59 Å². The van der Waals surface area contributed by atoms with E-state index in [-0.39, 0.29) is 18.5 Å². The summed E-state index contributed by atoms with van der Waals surface area (Å²) in [5, 5.41) is 23.0. The van der Waals surface area contributed by atoms with Gasteiger partial charge in [-0.25, -0.2) is 0 Å². The van der Waals surface area contributed by atoms with Crippen LogP contribution < -0.4 is 5.32 Å². The van der Waals surface area contributed by atoms with Crippen LogP contribution in [0.25, 0.3) is 0 Å². The number of ether oxygens (including phenoxy) is 1. The molecule has 0 aromatic rings. The molecule has 0 heterocycles. The second-order valence-corrected chi connectivity index (χ2v) is 18.9. The fourth-order valence-corrected chi connectivity index (χ4v) is 8.25. The third kappa shape index (κ3) is 49.3. The summed E-state index contributed by atoms with van der Waals surface area (Å²) in [6.07, 6.45) is 66.9. The Labute approximate surface area is 397 Å². The smallest absolute Gasteiger partial charge is 0.305 e. The number of nitrogens with one attached hydrogen (secondary N) is 1. The molecular formula is C58H107NO5. The summed E-state index contributed by atoms with van der Waals surface area (Å²) >= 11 is 0. The van der Waals surface area contributed by atoms with E-state index < -0.39 is 12.1 Å². The van der Waals surface area contributed by atoms with Gasteiger partial charge in [0.25, 0.3) is 0 Å². The van der Waals surface area contributed by atoms with Gasteiger partial charge in [-0.15, -0.1) is 0 Å². The molecule has 0 aliphatic rings. The van der Waals surface area contributed by atoms with E-state index in [2.05, 4.69) is 55.6 Å². The lowest BCUT2D eigenvalue weighted by atomic mass is 10.0. The largest absolute Gasteiger partial charge is 0.466 e. The number of amides is 1. The summed E-state index contributed by atoms with van der Waals surface area (Å²) in [5.74, 6) is -0.0906. The number of carbonyl (C=O) groups is 2. The lowest BCUT2D eigenvalue weighted by Gasteiger charge is -2.20. The lowest BCUT2D eigenvalue weighted by Crippen LogP contribution is -2.45. The van der Waals surface area contributed by atoms with Crippen LogP contribution in [0.15, 0.2) is 48.6 Å². The number of rotatable bonds is 51. The second kappa shape index (κ2) is 53.4. The van der Waals surface area contributed by atoms with Gasteiger partial charge in [0.05, 0.1) is 25.4 Å². The number of esters is 1. The van der Waals surface area contributed by atoms with E-state index in [9.17, 15) is 19.8 Å². The van der Waals surface area contributed by atoms with E-state index in [0.29, 0.717) is 19.4 Å². The number of allylic oxidation sites excluding steroid dienone is 7. The normalized spacial score (nSPS) is 13.0. The maximum Gasteiger partial charge on any atom is 0.305 e. The fourth-order valence-electron chi connectivity index (χ4n) is 8.25. The molecule has 374 valence electrons. The summed E-state index contributed by atoms with van der Waals surface area (Å²) in [7, 11) is 0. The molecule has 0 aromatic carbocycles. The van der Waals surface area contributed by atoms with Crippen LogP contribution in [-0.4, -0.2) is 47.4 Å². The molecule has 0 aliphatic carbocycles. The predicted molar refractivity (Wildman–Crippen MR) is 278 cm³/mol. The Morgan fingerprint density at radius 1 is 0.438 bits per heavy atom. The minimum atomic E-state index is -0.850. The Balaban J connectivity index is 3.47. The molecule has 2 atom stereocenters. The first kappa shape index (κ1) is 61.8. The quantitative estimate of drug-likeness (QED) is 0.0321. The summed E-state index contributed by atoms with van der Waals surface area (Å²) in [5.41, 5.74) is 0. The highest BCUT2D eigenvalue weighted by Gasteiger charge is 2.18. The molecule has 0 radical (unpaired) electrons. The molecule has 2 unspecified atom stereocenters. The standard InChI is InChI=1S/C58H107NO5/c1-3-5-7-9-11-13-15-17-18-25-28-32-36-40-44-48-52-58(63)64-53-49-45-41-37-33-29-26-23-21-19-20-22-24-27-31-35-39-43-47-51-57(62)59-55(54-60)56(61)50-46-42-38-34-30-16-14-12-10-8-6-4-2/h13,15,18-20,25,46,50,55-56,60-61H,3-12,14,16-17,21-24,26-45,47-49,51-54H2,1-2H3,(H,59,62)/b15-13-,20-19-,25-18-,50-46+. The van der Waals surface area contributed by atoms with E-state index in [1.165, 1.54) is 193 Å². The van der Waals surface area contributed by atoms with Crippen molar-refractivity contribution < 1.29 is 24.5 Å². The third-order valence-electron chi connectivity index (χ3n) is 12.6. The molecule has 1 amide bonds. The van der Waals surface area contributed by atoms with Gasteiger partial charge in [0, 0.05) is 12.8 Å². The predicted octanol–water partition coefficient (Wildman–Crippen LogP) is 17.0. The van der Waals surface area contributed by atoms with Gasteiger partial charge in [0.2, 0.25) is 5.91 Å². The van der Waals surface area contributed by atoms with Crippen molar-refractivity contribution in [3.63, 3.8) is 0 Å². The topological polar surface area (TPSA) is 95.9 Å². The van der Waals surface area contributed by atoms with Crippen molar-refractivity contribution in [2.75, 3.05) is 13.2 Å². The number of aliphatic hydroxyl groups is 2. The molecule has 0 rings (SSSR count). The molecule has 3 N–H and O–H groups in total. The van der Waals surface area contributed by atoms with Crippen LogP contribution in [0.4, 0.5) is 0 Å². The van der Waals surface area contributed by atoms with Crippen LogP contribution in [0.3, 0.4) is 0 Å². The zero-order valence-corrected chi connectivity index (χ0v) is 42.5. The molecule has 0 saturated heterocycles. The van der Waals surface area contributed by atoms with Crippen molar-refractivity contribution in [2.24, 2.45) is 0 Å². The zero-order chi connectivity index (χ0) is 46.5. The highest BCUT2D eigenvalue weighted by atomic mass is 16.5. The lowest BCUT2D eigenvalue weighted by molar-refractivity contribution is -0.143. The highest BCUT2D eigenvalue weighted by Crippen LogP contribution is 2.15. The summed E-state index contributed by atoms with van der Waals surface area (Å²) in [6.45, 7) is 4.85. The third-order valence-corrected chi connectivity index (χ3v) is 12.6. The Morgan fingerprint density at radius 2 is 0.781 bits per heavy atom. The van der Waals surface area contributed by atoms with Crippen molar-refractivity contribution >= 4 is 11.9 Å². The van der Waals surface area contributed by atoms with Crippen LogP contribution in [0.5, 0.6) is 0 Å². The zero-order valence-electron chi connectivity index (χ0n) is 42.5. The maximum absolute atomic E-state index is 12.4. The average Bonchev–Trinajstić information content (AvgIpc) is 3.29. The van der Waals surface area contributed by atoms with Crippen LogP contribution in [0.1, 0.15) is 284 Å². The van der Waals surface area contributed by atoms with Gasteiger partial charge >= 0.3 is 5.97 Å². The van der Waals surface area contributed by atoms with Crippen molar-refractivity contribution in [1.29, 1.82) is 0 Å². The highest BCUT2D eigenvalue weighted by molar-refractivity contribution is 5.76. The SMILES string of the molecule is CCCCCC/C=C\C/C=C\CCCCCCCC(=O)OCCCCCCCCCC/C=C\CCCCCCCCCC(=O)NC(CO)C(O)/C=C/CCCCCCCCCCCC. The number of carbonyl (C=O) groups excluding carboxylic acids is 2. The summed E-state index contributed by atoms with van der Waals surface area (Å²) in [6, 6.07) is -0.635. The number of unbranched alkanes of at least 4 members (excludes halogenated alkanes) is 34. The number of aliphatic hydroxyl groups excluding tert-OH is 2. The van der Waals surface area contributed by atoms with E-state index in [1.807, 2.05) is 6.08 Å². The van der Waals surface area contributed by atoms with Crippen molar-refractivity contribution in [2.45, 2.75) is 296 Å². The van der Waals surface area contributed by atoms with Crippen LogP contribution in [0.2, 0.25) is 0 Å². The Hall–Kier alpha value is -2.18. The Bertz CT molecular complexity index is 1080. The molecular weight excluding hydrogens is 791 g/mol. The minimum Gasteiger partial charge on any atom is -0.466 e. The molecule has 0 aliphatic heterocycles. The monoisotopic (exact) mass is 898 g/mol. The molecule has 0 fully saturated rings. The van der Waals surface area contributed by atoms with Gasteiger partial charge < -0.3 is 20.3 Å². The van der Waals surface area contributed by atoms with E-state index in [1.54, 1.807) is 6.08 Å². The fraction of sp³-hybridized carbons (Fsp3) is 0.828. The molecule has 0 saturated carbocycles. The molecule has 0 aromatic heterocycles. The molecule has 64 heavy (non-hydrogen) atoms. The molecule has 6 heteroatoms. The van der Waals surface area contributed by atoms with Gasteiger partial charge in [-0.2, -0.15) is 0 Å². The van der Waals surface area contributed by atoms with Crippen molar-refractivity contribution in [3.8, 4) is 0 Å². The molecule has 0 bridgehead atoms. The Kier molecular flexibility index (Phi) is 51.6. The maximum atomic E-state index is 12.4. The first-order valence-electron chi connectivity index (χ1n) is 27.9. The number of hydrogen-bond donors (Lipinski definition) is 3. The van der Waals surface area contributed by atoms with Crippen molar-refractivity contribution in [1.82, 2.24) is 5.32 Å². The van der Waals surface area contributed by atoms with E-state index in [4.69, 9.17) is 4.74 Å². The first-order chi connectivity index (χ1) is 31.5. The summed E-state index contributed by atoms with van der Waals surface area (Å²) < 4.78 is 5.47. The van der Waals surface area contributed by atoms with Gasteiger partial charge in [-0.1, -0.05) is 229 Å². The van der Waals surface area contributed by atoms with E-state index >= 15 is 0 Å². The second-order valence-electron chi connectivity index (χ2n) is 18.9. The average molecular weight is 898 g/mol. The minimum absolute atomic E-state index is 0.0111. The number of hydrogen-bond acceptors (Lipinski definition) is 5. The first-order valence-corrected chi connectivity index (χ1v) is 27.9. The van der Waals surface area contributed by atoms with Crippen LogP contribution in [-0.2, 0) is 14.3 Å². The van der Waals surface area contributed by atoms with Gasteiger partial charge in [-0.05, 0) is 89.9 Å². The van der Waals surface area contributed by atoms with Gasteiger partial charge in [0.1, 0.15) is 0 Å². The van der Waals surface area contributed by atoms with Crippen LogP contribution >= 0.6 is 0 Å². The summed E-state index contributed by atoms with van der Waals surface area (Å²) in [4.78, 5) is 24.5. The Morgan fingerprint density at radius 3 is 1.22 bits per heavy atom.